The minimum Gasteiger partial charge on any atom is -0.389 e. The summed E-state index contributed by atoms with van der Waals surface area (Å²) in [5.41, 5.74) is 14.9. The van der Waals surface area contributed by atoms with Gasteiger partial charge in [0.1, 0.15) is 4.99 Å². The van der Waals surface area contributed by atoms with Crippen LogP contribution in [0.5, 0.6) is 0 Å². The van der Waals surface area contributed by atoms with E-state index in [1.165, 1.54) is 0 Å². The molecule has 0 aliphatic heterocycles. The molecule has 0 aromatic heterocycles. The highest BCUT2D eigenvalue weighted by Gasteiger charge is 2.04. The Balaban J connectivity index is 2.26. The van der Waals surface area contributed by atoms with E-state index >= 15 is 0 Å². The Hall–Kier alpha value is -2.40. The Morgan fingerprint density at radius 3 is 2.40 bits per heavy atom. The molecule has 5 N–H and O–H groups in total. The molecule has 0 radical (unpaired) electrons. The monoisotopic (exact) mass is 285 g/mol. The second-order valence-corrected chi connectivity index (χ2v) is 4.90. The number of benzene rings is 2. The molecule has 0 saturated heterocycles. The number of thiocarbonyl (C=S) groups is 1. The first-order valence-corrected chi connectivity index (χ1v) is 6.45. The van der Waals surface area contributed by atoms with E-state index in [9.17, 15) is 4.79 Å². The van der Waals surface area contributed by atoms with Crippen molar-refractivity contribution in [3.63, 3.8) is 0 Å². The summed E-state index contributed by atoms with van der Waals surface area (Å²) < 4.78 is 0. The minimum atomic E-state index is -0.450. The summed E-state index contributed by atoms with van der Waals surface area (Å²) in [6, 6.07) is 12.7. The van der Waals surface area contributed by atoms with Gasteiger partial charge >= 0.3 is 0 Å². The Labute approximate surface area is 122 Å². The third kappa shape index (κ3) is 3.13. The Bertz CT molecular complexity index is 683. The molecule has 0 atom stereocenters. The van der Waals surface area contributed by atoms with Crippen molar-refractivity contribution in [1.29, 1.82) is 0 Å². The van der Waals surface area contributed by atoms with Gasteiger partial charge < -0.3 is 16.8 Å². The zero-order valence-corrected chi connectivity index (χ0v) is 11.8. The Kier molecular flexibility index (Phi) is 4.00. The standard InChI is InChI=1S/C15H15N3OS/c1-9-7-12(5-6-13(9)15(17)20)18-11-4-2-3-10(8-11)14(16)19/h2-8,18H,1H3,(H2,16,19)(H2,17,20). The van der Waals surface area contributed by atoms with Gasteiger partial charge in [-0.2, -0.15) is 0 Å². The van der Waals surface area contributed by atoms with E-state index in [0.29, 0.717) is 10.6 Å². The number of rotatable bonds is 4. The number of nitrogens with one attached hydrogen (secondary N) is 1. The van der Waals surface area contributed by atoms with Gasteiger partial charge in [0.2, 0.25) is 5.91 Å². The zero-order valence-electron chi connectivity index (χ0n) is 11.0. The fourth-order valence-electron chi connectivity index (χ4n) is 1.93. The number of anilines is 2. The van der Waals surface area contributed by atoms with Gasteiger partial charge in [-0.25, -0.2) is 0 Å². The molecule has 2 aromatic carbocycles. The van der Waals surface area contributed by atoms with Gasteiger partial charge in [0.25, 0.3) is 0 Å². The molecule has 5 heteroatoms. The van der Waals surface area contributed by atoms with Crippen LogP contribution in [0.2, 0.25) is 0 Å². The maximum Gasteiger partial charge on any atom is 0.248 e. The quantitative estimate of drug-likeness (QED) is 0.754. The van der Waals surface area contributed by atoms with Gasteiger partial charge in [0.05, 0.1) is 0 Å². The van der Waals surface area contributed by atoms with Crippen LogP contribution >= 0.6 is 12.2 Å². The van der Waals surface area contributed by atoms with Crippen molar-refractivity contribution in [2.45, 2.75) is 6.92 Å². The molecular weight excluding hydrogens is 270 g/mol. The molecule has 20 heavy (non-hydrogen) atoms. The second kappa shape index (κ2) is 5.71. The van der Waals surface area contributed by atoms with Crippen LogP contribution in [0.3, 0.4) is 0 Å². The lowest BCUT2D eigenvalue weighted by Gasteiger charge is -2.10. The van der Waals surface area contributed by atoms with Crippen molar-refractivity contribution in [3.05, 3.63) is 59.2 Å². The largest absolute Gasteiger partial charge is 0.389 e. The molecule has 0 unspecified atom stereocenters. The fraction of sp³-hybridized carbons (Fsp3) is 0.0667. The van der Waals surface area contributed by atoms with Crippen LogP contribution in [0, 0.1) is 6.92 Å². The molecule has 0 aliphatic rings. The van der Waals surface area contributed by atoms with Crippen molar-refractivity contribution in [3.8, 4) is 0 Å². The molecule has 1 amide bonds. The number of hydrogen-bond acceptors (Lipinski definition) is 3. The lowest BCUT2D eigenvalue weighted by atomic mass is 10.1. The molecule has 0 aliphatic carbocycles. The third-order valence-electron chi connectivity index (χ3n) is 2.93. The lowest BCUT2D eigenvalue weighted by Crippen LogP contribution is -2.11. The molecule has 2 rings (SSSR count). The number of carbonyl (C=O) groups excluding carboxylic acids is 1. The number of primary amides is 1. The van der Waals surface area contributed by atoms with Gasteiger partial charge in [-0.1, -0.05) is 18.3 Å². The number of aryl methyl sites for hydroxylation is 1. The van der Waals surface area contributed by atoms with E-state index in [1.54, 1.807) is 18.2 Å². The summed E-state index contributed by atoms with van der Waals surface area (Å²) in [6.45, 7) is 1.94. The van der Waals surface area contributed by atoms with Crippen molar-refractivity contribution in [2.75, 3.05) is 5.32 Å². The van der Waals surface area contributed by atoms with E-state index < -0.39 is 5.91 Å². The maximum atomic E-state index is 11.1. The Morgan fingerprint density at radius 2 is 1.80 bits per heavy atom. The molecule has 0 fully saturated rings. The molecule has 0 heterocycles. The van der Waals surface area contributed by atoms with Crippen LogP contribution in [-0.4, -0.2) is 10.9 Å². The van der Waals surface area contributed by atoms with Crippen LogP contribution in [-0.2, 0) is 0 Å². The summed E-state index contributed by atoms with van der Waals surface area (Å²) in [7, 11) is 0. The second-order valence-electron chi connectivity index (χ2n) is 4.46. The Morgan fingerprint density at radius 1 is 1.10 bits per heavy atom. The first-order valence-electron chi connectivity index (χ1n) is 6.04. The normalized spacial score (nSPS) is 10.1. The number of hydrogen-bond donors (Lipinski definition) is 3. The van der Waals surface area contributed by atoms with Crippen LogP contribution in [0.25, 0.3) is 0 Å². The van der Waals surface area contributed by atoms with Crippen LogP contribution in [0.1, 0.15) is 21.5 Å². The van der Waals surface area contributed by atoms with E-state index in [1.807, 2.05) is 31.2 Å². The molecule has 0 bridgehead atoms. The first-order chi connectivity index (χ1) is 9.47. The van der Waals surface area contributed by atoms with Gasteiger partial charge in [0, 0.05) is 22.5 Å². The highest BCUT2D eigenvalue weighted by Crippen LogP contribution is 2.20. The first kappa shape index (κ1) is 14.0. The number of carbonyl (C=O) groups is 1. The van der Waals surface area contributed by atoms with E-state index in [4.69, 9.17) is 23.7 Å². The minimum absolute atomic E-state index is 0.379. The summed E-state index contributed by atoms with van der Waals surface area (Å²) in [6.07, 6.45) is 0. The lowest BCUT2D eigenvalue weighted by molar-refractivity contribution is 0.100. The van der Waals surface area contributed by atoms with Gasteiger partial charge in [-0.15, -0.1) is 0 Å². The fourth-order valence-corrected chi connectivity index (χ4v) is 2.16. The maximum absolute atomic E-state index is 11.1. The average Bonchev–Trinajstić information content (AvgIpc) is 2.38. The van der Waals surface area contributed by atoms with Crippen LogP contribution < -0.4 is 16.8 Å². The summed E-state index contributed by atoms with van der Waals surface area (Å²) in [5, 5.41) is 3.21. The summed E-state index contributed by atoms with van der Waals surface area (Å²) in [4.78, 5) is 11.5. The SMILES string of the molecule is Cc1cc(Nc2cccc(C(N)=O)c2)ccc1C(N)=S. The number of nitrogens with two attached hydrogens (primary N) is 2. The van der Waals surface area contributed by atoms with Crippen molar-refractivity contribution in [2.24, 2.45) is 11.5 Å². The molecular formula is C15H15N3OS. The molecule has 0 saturated carbocycles. The van der Waals surface area contributed by atoms with Crippen molar-refractivity contribution in [1.82, 2.24) is 0 Å². The highest BCUT2D eigenvalue weighted by molar-refractivity contribution is 7.80. The zero-order chi connectivity index (χ0) is 14.7. The molecule has 2 aromatic rings. The molecule has 0 spiro atoms. The van der Waals surface area contributed by atoms with Crippen LogP contribution in [0.15, 0.2) is 42.5 Å². The summed E-state index contributed by atoms with van der Waals surface area (Å²) in [5.74, 6) is -0.450. The van der Waals surface area contributed by atoms with E-state index in [0.717, 1.165) is 22.5 Å². The smallest absolute Gasteiger partial charge is 0.248 e. The molecule has 102 valence electrons. The predicted molar refractivity (Wildman–Crippen MR) is 85.3 cm³/mol. The highest BCUT2D eigenvalue weighted by atomic mass is 32.1. The topological polar surface area (TPSA) is 81.1 Å². The van der Waals surface area contributed by atoms with E-state index in [-0.39, 0.29) is 0 Å². The van der Waals surface area contributed by atoms with Crippen molar-refractivity contribution >= 4 is 34.5 Å². The average molecular weight is 285 g/mol. The molecule has 4 nitrogen and oxygen atoms in total. The van der Waals surface area contributed by atoms with Gasteiger partial charge in [-0.3, -0.25) is 4.79 Å². The van der Waals surface area contributed by atoms with Crippen LogP contribution in [0.4, 0.5) is 11.4 Å². The van der Waals surface area contributed by atoms with Crippen molar-refractivity contribution < 1.29 is 4.79 Å². The third-order valence-corrected chi connectivity index (χ3v) is 3.15. The van der Waals surface area contributed by atoms with E-state index in [2.05, 4.69) is 5.32 Å². The van der Waals surface area contributed by atoms with Gasteiger partial charge in [0.15, 0.2) is 0 Å². The number of amides is 1. The summed E-state index contributed by atoms with van der Waals surface area (Å²) >= 11 is 4.97. The van der Waals surface area contributed by atoms with Gasteiger partial charge in [-0.05, 0) is 48.9 Å². The predicted octanol–water partition coefficient (Wildman–Crippen LogP) is 2.47.